The van der Waals surface area contributed by atoms with Gasteiger partial charge in [0.15, 0.2) is 6.61 Å². The second-order valence-corrected chi connectivity index (χ2v) is 8.36. The predicted molar refractivity (Wildman–Crippen MR) is 92.2 cm³/mol. The summed E-state index contributed by atoms with van der Waals surface area (Å²) in [6.07, 6.45) is 0. The zero-order valence-corrected chi connectivity index (χ0v) is 15.5. The number of ether oxygens (including phenoxy) is 1. The molecule has 0 unspecified atom stereocenters. The van der Waals surface area contributed by atoms with E-state index in [9.17, 15) is 9.59 Å². The van der Waals surface area contributed by atoms with Crippen molar-refractivity contribution in [2.75, 3.05) is 12.4 Å². The SMILES string of the molecule is O=C(CSc1ccc(Br)cc1)OCC(=O)c1ccc(Br)s1. The number of esters is 1. The van der Waals surface area contributed by atoms with Crippen molar-refractivity contribution in [1.82, 2.24) is 0 Å². The van der Waals surface area contributed by atoms with Gasteiger partial charge in [0.25, 0.3) is 0 Å². The van der Waals surface area contributed by atoms with Gasteiger partial charge in [-0.2, -0.15) is 0 Å². The molecule has 21 heavy (non-hydrogen) atoms. The van der Waals surface area contributed by atoms with Gasteiger partial charge in [-0.1, -0.05) is 15.9 Å². The molecule has 0 aliphatic heterocycles. The number of carbonyl (C=O) groups excluding carboxylic acids is 2. The molecule has 0 aliphatic carbocycles. The molecule has 1 aromatic heterocycles. The number of thiophene rings is 1. The van der Waals surface area contributed by atoms with Crippen LogP contribution in [0, 0.1) is 0 Å². The summed E-state index contributed by atoms with van der Waals surface area (Å²) in [4.78, 5) is 24.9. The van der Waals surface area contributed by atoms with Crippen LogP contribution in [-0.2, 0) is 9.53 Å². The van der Waals surface area contributed by atoms with Crippen LogP contribution in [0.1, 0.15) is 9.67 Å². The minimum absolute atomic E-state index is 0.184. The van der Waals surface area contributed by atoms with Gasteiger partial charge in [0.05, 0.1) is 14.4 Å². The highest BCUT2D eigenvalue weighted by molar-refractivity contribution is 9.11. The van der Waals surface area contributed by atoms with Gasteiger partial charge in [-0.3, -0.25) is 9.59 Å². The molecule has 0 saturated carbocycles. The molecule has 3 nitrogen and oxygen atoms in total. The number of hydrogen-bond donors (Lipinski definition) is 0. The summed E-state index contributed by atoms with van der Waals surface area (Å²) in [5.74, 6) is -0.400. The van der Waals surface area contributed by atoms with Crippen LogP contribution in [0.5, 0.6) is 0 Å². The Kier molecular flexibility index (Phi) is 6.47. The molecule has 1 heterocycles. The number of ketones is 1. The summed E-state index contributed by atoms with van der Waals surface area (Å²) < 4.78 is 6.85. The Morgan fingerprint density at radius 3 is 2.43 bits per heavy atom. The first-order chi connectivity index (χ1) is 10.0. The largest absolute Gasteiger partial charge is 0.457 e. The zero-order chi connectivity index (χ0) is 15.2. The molecule has 0 radical (unpaired) electrons. The lowest BCUT2D eigenvalue weighted by molar-refractivity contribution is -0.139. The van der Waals surface area contributed by atoms with Crippen molar-refractivity contribution in [2.24, 2.45) is 0 Å². The van der Waals surface area contributed by atoms with Crippen molar-refractivity contribution >= 4 is 66.7 Å². The lowest BCUT2D eigenvalue weighted by Crippen LogP contribution is -2.14. The average Bonchev–Trinajstić information content (AvgIpc) is 2.91. The van der Waals surface area contributed by atoms with E-state index in [1.807, 2.05) is 24.3 Å². The third kappa shape index (κ3) is 5.58. The van der Waals surface area contributed by atoms with Gasteiger partial charge in [0, 0.05) is 9.37 Å². The molecule has 0 spiro atoms. The number of benzene rings is 1. The third-order valence-electron chi connectivity index (χ3n) is 2.38. The number of thioether (sulfide) groups is 1. The van der Waals surface area contributed by atoms with Crippen LogP contribution in [0.15, 0.2) is 49.6 Å². The fourth-order valence-electron chi connectivity index (χ4n) is 1.40. The summed E-state index contributed by atoms with van der Waals surface area (Å²) in [6, 6.07) is 11.1. The van der Waals surface area contributed by atoms with Crippen LogP contribution < -0.4 is 0 Å². The van der Waals surface area contributed by atoms with Crippen molar-refractivity contribution in [2.45, 2.75) is 4.90 Å². The molecule has 0 saturated heterocycles. The van der Waals surface area contributed by atoms with Crippen molar-refractivity contribution in [3.8, 4) is 0 Å². The lowest BCUT2D eigenvalue weighted by Gasteiger charge is -2.03. The number of carbonyl (C=O) groups is 2. The molecule has 2 aromatic rings. The van der Waals surface area contributed by atoms with Crippen LogP contribution >= 0.6 is 55.0 Å². The van der Waals surface area contributed by atoms with Gasteiger partial charge in [-0.05, 0) is 52.3 Å². The highest BCUT2D eigenvalue weighted by Gasteiger charge is 2.12. The molecule has 0 atom stereocenters. The molecule has 0 fully saturated rings. The van der Waals surface area contributed by atoms with Gasteiger partial charge in [-0.15, -0.1) is 23.1 Å². The van der Waals surface area contributed by atoms with Crippen molar-refractivity contribution < 1.29 is 14.3 Å². The van der Waals surface area contributed by atoms with E-state index in [4.69, 9.17) is 4.74 Å². The van der Waals surface area contributed by atoms with Crippen LogP contribution in [0.4, 0.5) is 0 Å². The van der Waals surface area contributed by atoms with Gasteiger partial charge in [0.1, 0.15) is 0 Å². The Balaban J connectivity index is 1.74. The molecule has 7 heteroatoms. The summed E-state index contributed by atoms with van der Waals surface area (Å²) in [5.41, 5.74) is 0. The summed E-state index contributed by atoms with van der Waals surface area (Å²) in [6.45, 7) is -0.216. The molecular weight excluding hydrogens is 440 g/mol. The second kappa shape index (κ2) is 8.12. The molecule has 2 rings (SSSR count). The molecular formula is C14H10Br2O3S2. The van der Waals surface area contributed by atoms with Gasteiger partial charge in [-0.25, -0.2) is 0 Å². The highest BCUT2D eigenvalue weighted by Crippen LogP contribution is 2.23. The number of halogens is 2. The first-order valence-electron chi connectivity index (χ1n) is 5.87. The minimum Gasteiger partial charge on any atom is -0.457 e. The molecule has 0 N–H and O–H groups in total. The molecule has 1 aromatic carbocycles. The number of rotatable bonds is 6. The van der Waals surface area contributed by atoms with Crippen LogP contribution in [-0.4, -0.2) is 24.1 Å². The highest BCUT2D eigenvalue weighted by atomic mass is 79.9. The Morgan fingerprint density at radius 2 is 1.81 bits per heavy atom. The topological polar surface area (TPSA) is 43.4 Å². The van der Waals surface area contributed by atoms with E-state index in [1.165, 1.54) is 23.1 Å². The summed E-state index contributed by atoms with van der Waals surface area (Å²) in [5, 5.41) is 0. The molecule has 0 aliphatic rings. The Hall–Kier alpha value is -0.630. The van der Waals surface area contributed by atoms with E-state index >= 15 is 0 Å². The lowest BCUT2D eigenvalue weighted by atomic mass is 10.3. The fraction of sp³-hybridized carbons (Fsp3) is 0.143. The second-order valence-electron chi connectivity index (χ2n) is 3.93. The normalized spacial score (nSPS) is 10.4. The quantitative estimate of drug-likeness (QED) is 0.361. The van der Waals surface area contributed by atoms with Crippen LogP contribution in [0.2, 0.25) is 0 Å². The van der Waals surface area contributed by atoms with Gasteiger partial charge < -0.3 is 4.74 Å². The van der Waals surface area contributed by atoms with Crippen LogP contribution in [0.3, 0.4) is 0 Å². The Labute approximate surface area is 147 Å². The maximum absolute atomic E-state index is 11.8. The Bertz CT molecular complexity index is 638. The van der Waals surface area contributed by atoms with E-state index in [0.717, 1.165) is 13.2 Å². The standard InChI is InChI=1S/C14H10Br2O3S2/c15-9-1-3-10(4-2-9)20-8-14(18)19-7-11(17)12-5-6-13(16)21-12/h1-6H,7-8H2. The fourth-order valence-corrected chi connectivity index (χ4v) is 3.67. The third-order valence-corrected chi connectivity index (χ3v) is 5.56. The van der Waals surface area contributed by atoms with Crippen molar-refractivity contribution in [3.63, 3.8) is 0 Å². The van der Waals surface area contributed by atoms with Gasteiger partial charge >= 0.3 is 5.97 Å². The number of Topliss-reactive ketones (excluding diaryl/α,β-unsaturated/α-hetero) is 1. The molecule has 0 bridgehead atoms. The smallest absolute Gasteiger partial charge is 0.316 e. The zero-order valence-electron chi connectivity index (χ0n) is 10.7. The minimum atomic E-state index is -0.396. The van der Waals surface area contributed by atoms with E-state index in [1.54, 1.807) is 12.1 Å². The van der Waals surface area contributed by atoms with Crippen molar-refractivity contribution in [3.05, 3.63) is 49.5 Å². The maximum atomic E-state index is 11.8. The average molecular weight is 450 g/mol. The van der Waals surface area contributed by atoms with E-state index < -0.39 is 5.97 Å². The first-order valence-corrected chi connectivity index (χ1v) is 9.26. The predicted octanol–water partition coefficient (Wildman–Crippen LogP) is 4.79. The van der Waals surface area contributed by atoms with Crippen LogP contribution in [0.25, 0.3) is 0 Å². The number of hydrogen-bond acceptors (Lipinski definition) is 5. The first kappa shape index (κ1) is 16.7. The van der Waals surface area contributed by atoms with E-state index in [-0.39, 0.29) is 18.1 Å². The van der Waals surface area contributed by atoms with Gasteiger partial charge in [0.2, 0.25) is 5.78 Å². The van der Waals surface area contributed by atoms with Crippen molar-refractivity contribution in [1.29, 1.82) is 0 Å². The summed E-state index contributed by atoms with van der Waals surface area (Å²) in [7, 11) is 0. The monoisotopic (exact) mass is 448 g/mol. The maximum Gasteiger partial charge on any atom is 0.316 e. The summed E-state index contributed by atoms with van der Waals surface area (Å²) >= 11 is 9.34. The molecule has 0 amide bonds. The molecule has 110 valence electrons. The Morgan fingerprint density at radius 1 is 1.10 bits per heavy atom. The van der Waals surface area contributed by atoms with E-state index in [2.05, 4.69) is 31.9 Å². The van der Waals surface area contributed by atoms with E-state index in [0.29, 0.717) is 4.88 Å².